The van der Waals surface area contributed by atoms with Crippen LogP contribution in [0.5, 0.6) is 0 Å². The number of rotatable bonds is 2. The first-order chi connectivity index (χ1) is 7.08. The van der Waals surface area contributed by atoms with Crippen LogP contribution in [0.2, 0.25) is 0 Å². The summed E-state index contributed by atoms with van der Waals surface area (Å²) in [6.07, 6.45) is -2.64. The van der Waals surface area contributed by atoms with Crippen LogP contribution >= 0.6 is 0 Å². The van der Waals surface area contributed by atoms with E-state index in [4.69, 9.17) is 5.11 Å². The number of aliphatic hydroxyl groups excluding tert-OH is 1. The van der Waals surface area contributed by atoms with E-state index in [-0.39, 0.29) is 16.7 Å². The molecule has 78 valence electrons. The Morgan fingerprint density at radius 3 is 2.93 bits per heavy atom. The van der Waals surface area contributed by atoms with Crippen molar-refractivity contribution in [1.82, 2.24) is 4.98 Å². The van der Waals surface area contributed by atoms with Crippen molar-refractivity contribution >= 4 is 17.1 Å². The number of fused-ring (bicyclic) bond motifs is 1. The number of hydrogen-bond acceptors (Lipinski definition) is 4. The van der Waals surface area contributed by atoms with E-state index in [2.05, 4.69) is 9.40 Å². The quantitative estimate of drug-likeness (QED) is 0.776. The maximum absolute atomic E-state index is 12.6. The standard InChI is InChI=1S/C9H6FNO4/c10-9-11-5-3-4(7(12)8(13)14)1-2-6(5)15-9/h1-3,7,12H,(H,13,14). The Labute approximate surface area is 82.8 Å². The van der Waals surface area contributed by atoms with Crippen LogP contribution in [0.4, 0.5) is 4.39 Å². The van der Waals surface area contributed by atoms with Gasteiger partial charge in [-0.1, -0.05) is 6.07 Å². The van der Waals surface area contributed by atoms with E-state index >= 15 is 0 Å². The summed E-state index contributed by atoms with van der Waals surface area (Å²) >= 11 is 0. The van der Waals surface area contributed by atoms with Crippen LogP contribution in [0.25, 0.3) is 11.1 Å². The Morgan fingerprint density at radius 2 is 2.27 bits per heavy atom. The zero-order valence-corrected chi connectivity index (χ0v) is 7.35. The molecular weight excluding hydrogens is 205 g/mol. The number of aliphatic carboxylic acids is 1. The normalized spacial score (nSPS) is 12.9. The maximum Gasteiger partial charge on any atom is 0.382 e. The van der Waals surface area contributed by atoms with Crippen molar-refractivity contribution in [3.8, 4) is 0 Å². The van der Waals surface area contributed by atoms with E-state index in [1.165, 1.54) is 18.2 Å². The topological polar surface area (TPSA) is 83.6 Å². The molecule has 0 saturated heterocycles. The predicted octanol–water partition coefficient (Wildman–Crippen LogP) is 1.08. The average Bonchev–Trinajstić information content (AvgIpc) is 2.55. The van der Waals surface area contributed by atoms with Gasteiger partial charge < -0.3 is 14.6 Å². The highest BCUT2D eigenvalue weighted by Gasteiger charge is 2.17. The second-order valence-electron chi connectivity index (χ2n) is 2.93. The van der Waals surface area contributed by atoms with E-state index in [1.54, 1.807) is 0 Å². The van der Waals surface area contributed by atoms with Crippen molar-refractivity contribution in [2.75, 3.05) is 0 Å². The molecule has 1 aromatic carbocycles. The Kier molecular flexibility index (Phi) is 2.12. The number of nitrogens with zero attached hydrogens (tertiary/aromatic N) is 1. The summed E-state index contributed by atoms with van der Waals surface area (Å²) in [6.45, 7) is 0. The second kappa shape index (κ2) is 3.32. The molecule has 1 heterocycles. The zero-order chi connectivity index (χ0) is 11.0. The molecule has 15 heavy (non-hydrogen) atoms. The average molecular weight is 211 g/mol. The van der Waals surface area contributed by atoms with E-state index in [1.807, 2.05) is 0 Å². The van der Waals surface area contributed by atoms with Gasteiger partial charge in [-0.25, -0.2) is 4.79 Å². The molecule has 0 aliphatic rings. The lowest BCUT2D eigenvalue weighted by Gasteiger charge is -2.03. The first-order valence-electron chi connectivity index (χ1n) is 4.05. The minimum absolute atomic E-state index is 0.128. The van der Waals surface area contributed by atoms with Gasteiger partial charge in [-0.15, -0.1) is 4.39 Å². The van der Waals surface area contributed by atoms with Gasteiger partial charge in [0.05, 0.1) is 0 Å². The molecule has 2 aromatic rings. The summed E-state index contributed by atoms with van der Waals surface area (Å²) < 4.78 is 17.1. The van der Waals surface area contributed by atoms with Crippen molar-refractivity contribution in [1.29, 1.82) is 0 Å². The number of carboxylic acids is 1. The predicted molar refractivity (Wildman–Crippen MR) is 46.6 cm³/mol. The third-order valence-electron chi connectivity index (χ3n) is 1.94. The highest BCUT2D eigenvalue weighted by atomic mass is 19.1. The molecule has 2 rings (SSSR count). The molecule has 0 bridgehead atoms. The second-order valence-corrected chi connectivity index (χ2v) is 2.93. The monoisotopic (exact) mass is 211 g/mol. The fraction of sp³-hybridized carbons (Fsp3) is 0.111. The fourth-order valence-corrected chi connectivity index (χ4v) is 1.23. The number of hydrogen-bond donors (Lipinski definition) is 2. The summed E-state index contributed by atoms with van der Waals surface area (Å²) in [4.78, 5) is 13.9. The lowest BCUT2D eigenvalue weighted by Crippen LogP contribution is -2.10. The highest BCUT2D eigenvalue weighted by Crippen LogP contribution is 2.20. The Bertz CT molecular complexity index is 522. The first-order valence-corrected chi connectivity index (χ1v) is 4.05. The van der Waals surface area contributed by atoms with Gasteiger partial charge in [0.15, 0.2) is 11.7 Å². The number of aromatic nitrogens is 1. The van der Waals surface area contributed by atoms with Crippen molar-refractivity contribution in [3.63, 3.8) is 0 Å². The van der Waals surface area contributed by atoms with Gasteiger partial charge in [-0.2, -0.15) is 4.98 Å². The maximum atomic E-state index is 12.6. The summed E-state index contributed by atoms with van der Waals surface area (Å²) in [5.41, 5.74) is 0.502. The lowest BCUT2D eigenvalue weighted by atomic mass is 10.1. The van der Waals surface area contributed by atoms with Crippen LogP contribution in [-0.2, 0) is 4.79 Å². The Balaban J connectivity index is 2.50. The molecule has 0 saturated carbocycles. The largest absolute Gasteiger partial charge is 0.479 e. The number of carbonyl (C=O) groups is 1. The van der Waals surface area contributed by atoms with Crippen LogP contribution in [0.1, 0.15) is 11.7 Å². The molecule has 0 aliphatic carbocycles. The van der Waals surface area contributed by atoms with Crippen molar-refractivity contribution in [3.05, 3.63) is 29.9 Å². The van der Waals surface area contributed by atoms with Gasteiger partial charge in [-0.05, 0) is 17.7 Å². The SMILES string of the molecule is O=C(O)C(O)c1ccc2oc(F)nc2c1. The van der Waals surface area contributed by atoms with Crippen LogP contribution in [-0.4, -0.2) is 21.2 Å². The summed E-state index contributed by atoms with van der Waals surface area (Å²) in [7, 11) is 0. The summed E-state index contributed by atoms with van der Waals surface area (Å²) in [5.74, 6) is -1.38. The van der Waals surface area contributed by atoms with Crippen molar-refractivity contribution < 1.29 is 23.8 Å². The molecule has 0 fully saturated rings. The van der Waals surface area contributed by atoms with E-state index < -0.39 is 18.2 Å². The smallest absolute Gasteiger partial charge is 0.382 e. The van der Waals surface area contributed by atoms with Gasteiger partial charge in [-0.3, -0.25) is 0 Å². The van der Waals surface area contributed by atoms with Gasteiger partial charge in [0, 0.05) is 0 Å². The van der Waals surface area contributed by atoms with Gasteiger partial charge in [0.1, 0.15) is 5.52 Å². The van der Waals surface area contributed by atoms with Crippen molar-refractivity contribution in [2.45, 2.75) is 6.10 Å². The van der Waals surface area contributed by atoms with E-state index in [0.717, 1.165) is 0 Å². The highest BCUT2D eigenvalue weighted by molar-refractivity contribution is 5.78. The molecule has 1 aromatic heterocycles. The lowest BCUT2D eigenvalue weighted by molar-refractivity contribution is -0.146. The fourth-order valence-electron chi connectivity index (χ4n) is 1.23. The molecule has 0 spiro atoms. The van der Waals surface area contributed by atoms with Crippen LogP contribution < -0.4 is 0 Å². The molecular formula is C9H6FNO4. The first kappa shape index (κ1) is 9.60. The van der Waals surface area contributed by atoms with Gasteiger partial charge in [0.2, 0.25) is 0 Å². The van der Waals surface area contributed by atoms with E-state index in [0.29, 0.717) is 0 Å². The van der Waals surface area contributed by atoms with E-state index in [9.17, 15) is 14.3 Å². The molecule has 0 radical (unpaired) electrons. The molecule has 6 heteroatoms. The number of carboxylic acid groups (broad SMARTS) is 1. The molecule has 2 N–H and O–H groups in total. The zero-order valence-electron chi connectivity index (χ0n) is 7.35. The van der Waals surface area contributed by atoms with Crippen LogP contribution in [0, 0.1) is 6.14 Å². The number of halogens is 1. The molecule has 0 aliphatic heterocycles. The Morgan fingerprint density at radius 1 is 1.53 bits per heavy atom. The van der Waals surface area contributed by atoms with Crippen molar-refractivity contribution in [2.24, 2.45) is 0 Å². The Hall–Kier alpha value is -1.95. The number of benzene rings is 1. The van der Waals surface area contributed by atoms with Crippen LogP contribution in [0.3, 0.4) is 0 Å². The molecule has 0 amide bonds. The van der Waals surface area contributed by atoms with Crippen LogP contribution in [0.15, 0.2) is 22.6 Å². The third-order valence-corrected chi connectivity index (χ3v) is 1.94. The van der Waals surface area contributed by atoms with Gasteiger partial charge >= 0.3 is 12.1 Å². The van der Waals surface area contributed by atoms with Gasteiger partial charge in [0.25, 0.3) is 0 Å². The molecule has 1 unspecified atom stereocenters. The third kappa shape index (κ3) is 1.66. The molecule has 5 nitrogen and oxygen atoms in total. The minimum Gasteiger partial charge on any atom is -0.479 e. The summed E-state index contributed by atoms with van der Waals surface area (Å²) in [6, 6.07) is 3.96. The summed E-state index contributed by atoms with van der Waals surface area (Å²) in [5, 5.41) is 17.8. The number of oxazole rings is 1. The molecule has 1 atom stereocenters. The minimum atomic E-state index is -1.64. The number of aliphatic hydroxyl groups is 1.